The van der Waals surface area contributed by atoms with Gasteiger partial charge < -0.3 is 15.1 Å². The van der Waals surface area contributed by atoms with E-state index < -0.39 is 0 Å². The number of hydrogen-bond donors (Lipinski definition) is 1. The van der Waals surface area contributed by atoms with Crippen LogP contribution in [0.4, 0.5) is 0 Å². The van der Waals surface area contributed by atoms with Gasteiger partial charge in [0.2, 0.25) is 5.91 Å². The first-order valence-electron chi connectivity index (χ1n) is 11.6. The van der Waals surface area contributed by atoms with Gasteiger partial charge in [-0.05, 0) is 57.3 Å². The molecule has 0 aliphatic carbocycles. The van der Waals surface area contributed by atoms with Crippen LogP contribution in [-0.4, -0.2) is 70.4 Å². The van der Waals surface area contributed by atoms with Crippen LogP contribution in [-0.2, 0) is 11.3 Å². The third kappa shape index (κ3) is 5.56. The SMILES string of the molecule is CCN(CC)CCCNC(=O)c1sc2ncn(CC(=O)N3CCC(C)CC3)c(=O)c2c1C. The van der Waals surface area contributed by atoms with Gasteiger partial charge in [0, 0.05) is 19.6 Å². The molecule has 1 aliphatic heterocycles. The molecule has 9 heteroatoms. The first kappa shape index (κ1) is 24.4. The molecule has 1 N–H and O–H groups in total. The molecule has 8 nitrogen and oxygen atoms in total. The fourth-order valence-electron chi connectivity index (χ4n) is 4.12. The second-order valence-electron chi connectivity index (χ2n) is 8.61. The first-order valence-corrected chi connectivity index (χ1v) is 12.4. The van der Waals surface area contributed by atoms with Crippen LogP contribution in [0.15, 0.2) is 11.1 Å². The monoisotopic (exact) mass is 461 g/mol. The van der Waals surface area contributed by atoms with E-state index in [1.165, 1.54) is 22.2 Å². The van der Waals surface area contributed by atoms with E-state index in [1.54, 1.807) is 6.92 Å². The summed E-state index contributed by atoms with van der Waals surface area (Å²) in [5.74, 6) is 0.406. The van der Waals surface area contributed by atoms with Crippen LogP contribution in [0.5, 0.6) is 0 Å². The van der Waals surface area contributed by atoms with Gasteiger partial charge in [-0.3, -0.25) is 19.0 Å². The molecule has 2 aromatic heterocycles. The average Bonchev–Trinajstić information content (AvgIpc) is 3.13. The molecule has 0 aromatic carbocycles. The second kappa shape index (κ2) is 11.0. The van der Waals surface area contributed by atoms with Crippen molar-refractivity contribution in [2.24, 2.45) is 5.92 Å². The third-order valence-corrected chi connectivity index (χ3v) is 7.60. The Morgan fingerprint density at radius 3 is 2.59 bits per heavy atom. The van der Waals surface area contributed by atoms with Crippen molar-refractivity contribution < 1.29 is 9.59 Å². The molecule has 176 valence electrons. The van der Waals surface area contributed by atoms with E-state index in [2.05, 4.69) is 36.0 Å². The van der Waals surface area contributed by atoms with Gasteiger partial charge in [0.25, 0.3) is 11.5 Å². The highest BCUT2D eigenvalue weighted by Gasteiger charge is 2.23. The number of hydrogen-bond acceptors (Lipinski definition) is 6. The Morgan fingerprint density at radius 2 is 1.94 bits per heavy atom. The maximum Gasteiger partial charge on any atom is 0.262 e. The molecule has 3 rings (SSSR count). The Balaban J connectivity index is 1.68. The number of nitrogens with one attached hydrogen (secondary N) is 1. The minimum Gasteiger partial charge on any atom is -0.351 e. The molecule has 0 radical (unpaired) electrons. The molecule has 3 heterocycles. The summed E-state index contributed by atoms with van der Waals surface area (Å²) in [5, 5.41) is 3.40. The Kier molecular flexibility index (Phi) is 8.42. The smallest absolute Gasteiger partial charge is 0.262 e. The van der Waals surface area contributed by atoms with Gasteiger partial charge in [-0.15, -0.1) is 11.3 Å². The van der Waals surface area contributed by atoms with E-state index in [0.29, 0.717) is 33.1 Å². The lowest BCUT2D eigenvalue weighted by molar-refractivity contribution is -0.133. The topological polar surface area (TPSA) is 87.5 Å². The number of nitrogens with zero attached hydrogens (tertiary/aromatic N) is 4. The van der Waals surface area contributed by atoms with E-state index >= 15 is 0 Å². The van der Waals surface area contributed by atoms with Crippen molar-refractivity contribution in [3.8, 4) is 0 Å². The van der Waals surface area contributed by atoms with Gasteiger partial charge in [-0.2, -0.15) is 0 Å². The molecular formula is C23H35N5O3S. The van der Waals surface area contributed by atoms with Crippen LogP contribution in [0.3, 0.4) is 0 Å². The van der Waals surface area contributed by atoms with Crippen LogP contribution < -0.4 is 10.9 Å². The summed E-state index contributed by atoms with van der Waals surface area (Å²) in [4.78, 5) is 48.0. The Bertz CT molecular complexity index is 1000. The normalized spacial score (nSPS) is 15.0. The van der Waals surface area contributed by atoms with Crippen molar-refractivity contribution in [3.05, 3.63) is 27.1 Å². The zero-order chi connectivity index (χ0) is 23.3. The molecule has 0 bridgehead atoms. The van der Waals surface area contributed by atoms with Gasteiger partial charge in [-0.1, -0.05) is 20.8 Å². The van der Waals surface area contributed by atoms with Crippen LogP contribution >= 0.6 is 11.3 Å². The van der Waals surface area contributed by atoms with E-state index in [4.69, 9.17) is 0 Å². The fourth-order valence-corrected chi connectivity index (χ4v) is 5.17. The van der Waals surface area contributed by atoms with Gasteiger partial charge >= 0.3 is 0 Å². The van der Waals surface area contributed by atoms with Crippen LogP contribution in [0, 0.1) is 12.8 Å². The zero-order valence-electron chi connectivity index (χ0n) is 19.6. The summed E-state index contributed by atoms with van der Waals surface area (Å²) in [7, 11) is 0. The molecule has 0 unspecified atom stereocenters. The third-order valence-electron chi connectivity index (χ3n) is 6.40. The van der Waals surface area contributed by atoms with Crippen molar-refractivity contribution in [2.75, 3.05) is 39.3 Å². The minimum atomic E-state index is -0.261. The molecule has 1 aliphatic rings. The number of aryl methyl sites for hydroxylation is 1. The number of carbonyl (C=O) groups excluding carboxylic acids is 2. The predicted octanol–water partition coefficient (Wildman–Crippen LogP) is 2.49. The van der Waals surface area contributed by atoms with E-state index in [9.17, 15) is 14.4 Å². The summed E-state index contributed by atoms with van der Waals surface area (Å²) in [6, 6.07) is 0. The van der Waals surface area contributed by atoms with Crippen LogP contribution in [0.2, 0.25) is 0 Å². The number of aromatic nitrogens is 2. The number of amides is 2. The number of fused-ring (bicyclic) bond motifs is 1. The van der Waals surface area contributed by atoms with Crippen molar-refractivity contribution in [1.82, 2.24) is 24.7 Å². The second-order valence-corrected chi connectivity index (χ2v) is 9.61. The maximum atomic E-state index is 13.1. The highest BCUT2D eigenvalue weighted by atomic mass is 32.1. The summed E-state index contributed by atoms with van der Waals surface area (Å²) in [5.41, 5.74) is 0.375. The minimum absolute atomic E-state index is 0.0155. The standard InChI is InChI=1S/C23H35N5O3S/c1-5-26(6-2)11-7-10-24-21(30)20-17(4)19-22(32-20)25-15-28(23(19)31)14-18(29)27-12-8-16(3)9-13-27/h15-16H,5-14H2,1-4H3,(H,24,30). The molecule has 0 atom stereocenters. The summed E-state index contributed by atoms with van der Waals surface area (Å²) in [6.07, 6.45) is 4.29. The molecule has 32 heavy (non-hydrogen) atoms. The van der Waals surface area contributed by atoms with E-state index in [-0.39, 0.29) is 23.9 Å². The molecule has 0 spiro atoms. The van der Waals surface area contributed by atoms with Crippen LogP contribution in [0.1, 0.15) is 55.3 Å². The largest absolute Gasteiger partial charge is 0.351 e. The van der Waals surface area contributed by atoms with E-state index in [1.807, 2.05) is 4.90 Å². The van der Waals surface area contributed by atoms with Gasteiger partial charge in [0.15, 0.2) is 0 Å². The predicted molar refractivity (Wildman–Crippen MR) is 128 cm³/mol. The first-order chi connectivity index (χ1) is 15.3. The Morgan fingerprint density at radius 1 is 1.25 bits per heavy atom. The van der Waals surface area contributed by atoms with E-state index in [0.717, 1.165) is 52.0 Å². The molecule has 1 fully saturated rings. The summed E-state index contributed by atoms with van der Waals surface area (Å²) < 4.78 is 1.37. The lowest BCUT2D eigenvalue weighted by Crippen LogP contribution is -2.41. The van der Waals surface area contributed by atoms with Crippen molar-refractivity contribution in [2.45, 2.75) is 53.5 Å². The van der Waals surface area contributed by atoms with Crippen molar-refractivity contribution in [1.29, 1.82) is 0 Å². The van der Waals surface area contributed by atoms with Gasteiger partial charge in [0.1, 0.15) is 11.4 Å². The molecule has 2 aromatic rings. The summed E-state index contributed by atoms with van der Waals surface area (Å²) >= 11 is 1.23. The van der Waals surface area contributed by atoms with Gasteiger partial charge in [0.05, 0.1) is 16.6 Å². The quantitative estimate of drug-likeness (QED) is 0.580. The molecule has 1 saturated heterocycles. The number of likely N-dealkylation sites (tertiary alicyclic amines) is 1. The molecular weight excluding hydrogens is 426 g/mol. The molecule has 2 amide bonds. The highest BCUT2D eigenvalue weighted by molar-refractivity contribution is 7.20. The number of carbonyl (C=O) groups is 2. The maximum absolute atomic E-state index is 13.1. The van der Waals surface area contributed by atoms with Crippen molar-refractivity contribution in [3.63, 3.8) is 0 Å². The average molecular weight is 462 g/mol. The fraction of sp³-hybridized carbons (Fsp3) is 0.652. The lowest BCUT2D eigenvalue weighted by Gasteiger charge is -2.30. The zero-order valence-corrected chi connectivity index (χ0v) is 20.5. The number of rotatable bonds is 9. The number of thiophene rings is 1. The van der Waals surface area contributed by atoms with Crippen LogP contribution in [0.25, 0.3) is 10.2 Å². The molecule has 0 saturated carbocycles. The number of piperidine rings is 1. The Labute approximate surface area is 193 Å². The van der Waals surface area contributed by atoms with Crippen molar-refractivity contribution >= 4 is 33.4 Å². The Hall–Kier alpha value is -2.26. The van der Waals surface area contributed by atoms with Gasteiger partial charge in [-0.25, -0.2) is 4.98 Å². The highest BCUT2D eigenvalue weighted by Crippen LogP contribution is 2.26. The lowest BCUT2D eigenvalue weighted by atomic mass is 9.99. The summed E-state index contributed by atoms with van der Waals surface area (Å²) in [6.45, 7) is 13.2.